The summed E-state index contributed by atoms with van der Waals surface area (Å²) < 4.78 is 14.2. The molecule has 0 bridgehead atoms. The van der Waals surface area contributed by atoms with Crippen molar-refractivity contribution in [1.82, 2.24) is 14.9 Å². The highest BCUT2D eigenvalue weighted by Crippen LogP contribution is 2.36. The van der Waals surface area contributed by atoms with Crippen LogP contribution in [-0.4, -0.2) is 23.3 Å². The Morgan fingerprint density at radius 1 is 1.00 bits per heavy atom. The highest BCUT2D eigenvalue weighted by Gasteiger charge is 2.32. The van der Waals surface area contributed by atoms with E-state index in [1.165, 1.54) is 52.1 Å². The van der Waals surface area contributed by atoms with Crippen molar-refractivity contribution < 1.29 is 13.6 Å². The van der Waals surface area contributed by atoms with Crippen molar-refractivity contribution in [3.05, 3.63) is 11.8 Å². The minimum absolute atomic E-state index is 0.270. The Labute approximate surface area is 136 Å². The fraction of sp³-hybridized carbons (Fsp3) is 0.867. The van der Waals surface area contributed by atoms with E-state index >= 15 is 0 Å². The predicted octanol–water partition coefficient (Wildman–Crippen LogP) is 3.87. The minimum atomic E-state index is 0.270. The number of nitrogens with one attached hydrogen (secondary N) is 1. The average molecular weight is 327 g/mol. The van der Waals surface area contributed by atoms with E-state index in [0.29, 0.717) is 5.92 Å². The van der Waals surface area contributed by atoms with Crippen LogP contribution >= 0.6 is 12.2 Å². The van der Waals surface area contributed by atoms with Gasteiger partial charge in [0.25, 0.3) is 0 Å². The zero-order valence-electron chi connectivity index (χ0n) is 13.1. The van der Waals surface area contributed by atoms with Crippen molar-refractivity contribution in [2.75, 3.05) is 7.11 Å². The van der Waals surface area contributed by atoms with Gasteiger partial charge in [-0.25, -0.2) is 9.61 Å². The molecular weight excluding hydrogens is 302 g/mol. The van der Waals surface area contributed by atoms with Crippen molar-refractivity contribution in [2.24, 2.45) is 0 Å². The van der Waals surface area contributed by atoms with Gasteiger partial charge >= 0.3 is 0 Å². The maximum atomic E-state index is 6.06. The first-order valence-electron chi connectivity index (χ1n) is 8.33. The monoisotopic (exact) mass is 327 g/mol. The summed E-state index contributed by atoms with van der Waals surface area (Å²) in [6, 6.07) is 0.286. The Morgan fingerprint density at radius 2 is 1.73 bits per heavy atom. The lowest BCUT2D eigenvalue weighted by molar-refractivity contribution is -0.161. The van der Waals surface area contributed by atoms with Crippen molar-refractivity contribution >= 4 is 12.2 Å². The van der Waals surface area contributed by atoms with E-state index < -0.39 is 0 Å². The third-order valence-electron chi connectivity index (χ3n) is 4.80. The van der Waals surface area contributed by atoms with Crippen LogP contribution in [0, 0.1) is 0 Å². The van der Waals surface area contributed by atoms with Gasteiger partial charge in [0.2, 0.25) is 11.8 Å². The zero-order valence-corrected chi connectivity index (χ0v) is 13.9. The maximum Gasteiger partial charge on any atom is 0.221 e. The summed E-state index contributed by atoms with van der Waals surface area (Å²) in [5.41, 5.74) is 0. The molecule has 0 aliphatic heterocycles. The highest BCUT2D eigenvalue weighted by atomic mass is 32.2. The Kier molecular flexibility index (Phi) is 6.12. The molecule has 2 unspecified atom stereocenters. The second-order valence-corrected chi connectivity index (χ2v) is 6.79. The quantitative estimate of drug-likeness (QED) is 0.279. The molecule has 0 spiro atoms. The Bertz CT molecular complexity index is 451. The molecule has 22 heavy (non-hydrogen) atoms. The van der Waals surface area contributed by atoms with E-state index in [9.17, 15) is 0 Å². The third kappa shape index (κ3) is 4.01. The van der Waals surface area contributed by atoms with Crippen LogP contribution in [0.3, 0.4) is 0 Å². The van der Waals surface area contributed by atoms with Crippen molar-refractivity contribution in [1.29, 1.82) is 0 Å². The van der Waals surface area contributed by atoms with E-state index in [4.69, 9.17) is 8.75 Å². The van der Waals surface area contributed by atoms with Crippen LogP contribution in [0.25, 0.3) is 0 Å². The first-order valence-corrected chi connectivity index (χ1v) is 9.08. The summed E-state index contributed by atoms with van der Waals surface area (Å²) in [6.45, 7) is 0. The minimum Gasteiger partial charge on any atom is -0.425 e. The van der Waals surface area contributed by atoms with E-state index in [1.54, 1.807) is 0 Å². The van der Waals surface area contributed by atoms with Crippen molar-refractivity contribution in [3.8, 4) is 0 Å². The summed E-state index contributed by atoms with van der Waals surface area (Å²) >= 11 is 1.13. The standard InChI is InChI=1S/C15H25N3O3S/c1-19-21-22-18-13-10-6-5-9-12(13)15-17-16-14(20-15)11-7-3-2-4-8-11/h11-13,18H,2-10H2,1H3. The van der Waals surface area contributed by atoms with Gasteiger partial charge in [-0.1, -0.05) is 32.1 Å². The Balaban J connectivity index is 1.64. The molecule has 0 aromatic carbocycles. The number of hydrogen-bond acceptors (Lipinski definition) is 7. The third-order valence-corrected chi connectivity index (χ3v) is 5.40. The van der Waals surface area contributed by atoms with Gasteiger partial charge in [-0.05, 0) is 25.7 Å². The summed E-state index contributed by atoms with van der Waals surface area (Å²) in [5, 5.41) is 8.69. The molecule has 0 radical (unpaired) electrons. The Morgan fingerprint density at radius 3 is 2.55 bits per heavy atom. The first-order chi connectivity index (χ1) is 10.9. The Hall–Kier alpha value is -0.630. The molecule has 7 heteroatoms. The predicted molar refractivity (Wildman–Crippen MR) is 83.9 cm³/mol. The van der Waals surface area contributed by atoms with Gasteiger partial charge in [0.1, 0.15) is 12.2 Å². The van der Waals surface area contributed by atoms with Gasteiger partial charge < -0.3 is 4.42 Å². The molecule has 2 fully saturated rings. The molecule has 0 amide bonds. The molecule has 2 aliphatic carbocycles. The van der Waals surface area contributed by atoms with Gasteiger partial charge in [0.05, 0.1) is 13.0 Å². The van der Waals surface area contributed by atoms with Crippen LogP contribution in [0.1, 0.15) is 81.4 Å². The van der Waals surface area contributed by atoms with Gasteiger partial charge in [-0.3, -0.25) is 0 Å². The molecule has 2 saturated carbocycles. The van der Waals surface area contributed by atoms with Gasteiger partial charge in [0, 0.05) is 12.0 Å². The van der Waals surface area contributed by atoms with Gasteiger partial charge in [0.15, 0.2) is 0 Å². The average Bonchev–Trinajstić information content (AvgIpc) is 3.06. The van der Waals surface area contributed by atoms with Crippen LogP contribution in [-0.2, 0) is 9.22 Å². The van der Waals surface area contributed by atoms with Crippen LogP contribution in [0.15, 0.2) is 4.42 Å². The van der Waals surface area contributed by atoms with Crippen LogP contribution in [0.2, 0.25) is 0 Å². The summed E-state index contributed by atoms with van der Waals surface area (Å²) in [4.78, 5) is 4.61. The molecule has 124 valence electrons. The largest absolute Gasteiger partial charge is 0.425 e. The number of hydrogen-bond donors (Lipinski definition) is 1. The van der Waals surface area contributed by atoms with Crippen molar-refractivity contribution in [3.63, 3.8) is 0 Å². The van der Waals surface area contributed by atoms with Crippen LogP contribution in [0.4, 0.5) is 0 Å². The molecule has 2 atom stereocenters. The summed E-state index contributed by atoms with van der Waals surface area (Å²) in [6.07, 6.45) is 10.9. The van der Waals surface area contributed by atoms with E-state index in [-0.39, 0.29) is 12.0 Å². The SMILES string of the molecule is COOSNC1CCCCC1c1nnc(C2CCCCC2)o1. The lowest BCUT2D eigenvalue weighted by Crippen LogP contribution is -2.33. The number of rotatable bonds is 6. The zero-order chi connectivity index (χ0) is 15.2. The molecular formula is C15H25N3O3S. The molecule has 1 aromatic rings. The van der Waals surface area contributed by atoms with Crippen LogP contribution in [0.5, 0.6) is 0 Å². The lowest BCUT2D eigenvalue weighted by Gasteiger charge is -2.28. The molecule has 1 aromatic heterocycles. The molecule has 6 nitrogen and oxygen atoms in total. The molecule has 1 N–H and O–H groups in total. The second-order valence-electron chi connectivity index (χ2n) is 6.25. The van der Waals surface area contributed by atoms with Crippen LogP contribution < -0.4 is 4.72 Å². The van der Waals surface area contributed by atoms with E-state index in [2.05, 4.69) is 19.8 Å². The smallest absolute Gasteiger partial charge is 0.221 e. The molecule has 3 rings (SSSR count). The van der Waals surface area contributed by atoms with E-state index in [1.807, 2.05) is 0 Å². The summed E-state index contributed by atoms with van der Waals surface area (Å²) in [7, 11) is 1.50. The van der Waals surface area contributed by atoms with Gasteiger partial charge in [-0.2, -0.15) is 0 Å². The fourth-order valence-electron chi connectivity index (χ4n) is 3.59. The molecule has 0 saturated heterocycles. The summed E-state index contributed by atoms with van der Waals surface area (Å²) in [5.74, 6) is 2.37. The normalized spacial score (nSPS) is 27.1. The lowest BCUT2D eigenvalue weighted by atomic mass is 9.85. The molecule has 1 heterocycles. The number of aromatic nitrogens is 2. The van der Waals surface area contributed by atoms with Gasteiger partial charge in [-0.15, -0.1) is 14.5 Å². The fourth-order valence-corrected chi connectivity index (χ4v) is 4.11. The number of nitrogens with zero attached hydrogens (tertiary/aromatic N) is 2. The van der Waals surface area contributed by atoms with E-state index in [0.717, 1.165) is 36.9 Å². The van der Waals surface area contributed by atoms with Crippen molar-refractivity contribution in [2.45, 2.75) is 75.7 Å². The maximum absolute atomic E-state index is 6.06. The highest BCUT2D eigenvalue weighted by molar-refractivity contribution is 7.92. The molecule has 2 aliphatic rings. The second kappa shape index (κ2) is 8.29. The topological polar surface area (TPSA) is 69.4 Å². The first kappa shape index (κ1) is 16.2.